The minimum Gasteiger partial charge on any atom is -0.409 e. The number of amidine groups is 1. The Labute approximate surface area is 124 Å². The van der Waals surface area contributed by atoms with E-state index >= 15 is 0 Å². The minimum atomic E-state index is 0.0438. The third-order valence-corrected chi connectivity index (χ3v) is 3.40. The zero-order valence-electron chi connectivity index (χ0n) is 12.1. The van der Waals surface area contributed by atoms with Gasteiger partial charge in [-0.15, -0.1) is 0 Å². The molecule has 1 aromatic heterocycles. The van der Waals surface area contributed by atoms with Crippen LogP contribution in [-0.2, 0) is 6.54 Å². The van der Waals surface area contributed by atoms with E-state index in [0.717, 1.165) is 17.7 Å². The molecule has 3 N–H and O–H groups in total. The first-order chi connectivity index (χ1) is 10.2. The molecule has 5 heteroatoms. The summed E-state index contributed by atoms with van der Waals surface area (Å²) in [5.74, 6) is 0.224. The predicted molar refractivity (Wildman–Crippen MR) is 82.9 cm³/mol. The van der Waals surface area contributed by atoms with Crippen molar-refractivity contribution in [1.29, 1.82) is 0 Å². The lowest BCUT2D eigenvalue weighted by Crippen LogP contribution is -2.28. The van der Waals surface area contributed by atoms with E-state index in [-0.39, 0.29) is 11.9 Å². The molecule has 0 saturated heterocycles. The van der Waals surface area contributed by atoms with Gasteiger partial charge in [0.25, 0.3) is 0 Å². The van der Waals surface area contributed by atoms with Gasteiger partial charge in [0.05, 0.1) is 0 Å². The molecule has 0 saturated carbocycles. The first-order valence-corrected chi connectivity index (χ1v) is 6.81. The number of aromatic nitrogens is 1. The van der Waals surface area contributed by atoms with Crippen molar-refractivity contribution in [2.75, 3.05) is 7.05 Å². The van der Waals surface area contributed by atoms with E-state index in [1.165, 1.54) is 0 Å². The summed E-state index contributed by atoms with van der Waals surface area (Å²) < 4.78 is 0. The molecule has 0 radical (unpaired) electrons. The zero-order valence-corrected chi connectivity index (χ0v) is 12.1. The fraction of sp³-hybridized carbons (Fsp3) is 0.250. The van der Waals surface area contributed by atoms with Crippen LogP contribution in [0.2, 0.25) is 0 Å². The van der Waals surface area contributed by atoms with Gasteiger partial charge in [0.2, 0.25) is 0 Å². The number of nitrogens with zero attached hydrogens (tertiary/aromatic N) is 3. The van der Waals surface area contributed by atoms with Crippen molar-refractivity contribution >= 4 is 5.84 Å². The molecule has 21 heavy (non-hydrogen) atoms. The lowest BCUT2D eigenvalue weighted by Gasteiger charge is -2.28. The molecule has 2 aromatic rings. The van der Waals surface area contributed by atoms with E-state index in [1.807, 2.05) is 43.6 Å². The second-order valence-corrected chi connectivity index (χ2v) is 5.00. The number of pyridine rings is 1. The number of benzene rings is 1. The molecule has 1 heterocycles. The van der Waals surface area contributed by atoms with E-state index < -0.39 is 0 Å². The van der Waals surface area contributed by atoms with Crippen LogP contribution in [0, 0.1) is 0 Å². The quantitative estimate of drug-likeness (QED) is 0.370. The average Bonchev–Trinajstić information content (AvgIpc) is 2.54. The Balaban J connectivity index is 2.18. The zero-order chi connectivity index (χ0) is 15.1. The van der Waals surface area contributed by atoms with Crippen molar-refractivity contribution < 1.29 is 5.21 Å². The minimum absolute atomic E-state index is 0.0438. The number of nitrogens with two attached hydrogens (primary N) is 1. The first-order valence-electron chi connectivity index (χ1n) is 6.81. The van der Waals surface area contributed by atoms with Crippen LogP contribution in [0.5, 0.6) is 0 Å². The smallest absolute Gasteiger partial charge is 0.141 e. The summed E-state index contributed by atoms with van der Waals surface area (Å²) in [5.41, 5.74) is 7.96. The van der Waals surface area contributed by atoms with Crippen LogP contribution >= 0.6 is 0 Å². The van der Waals surface area contributed by atoms with Crippen LogP contribution in [0.3, 0.4) is 0 Å². The second kappa shape index (κ2) is 7.40. The van der Waals surface area contributed by atoms with Crippen molar-refractivity contribution in [2.45, 2.75) is 19.0 Å². The van der Waals surface area contributed by atoms with Crippen LogP contribution in [0.15, 0.2) is 60.0 Å². The van der Waals surface area contributed by atoms with Gasteiger partial charge in [0, 0.05) is 31.4 Å². The predicted octanol–water partition coefficient (Wildman–Crippen LogP) is 2.39. The topological polar surface area (TPSA) is 74.7 Å². The first kappa shape index (κ1) is 15.0. The number of hydrogen-bond donors (Lipinski definition) is 2. The van der Waals surface area contributed by atoms with Crippen molar-refractivity contribution in [3.8, 4) is 0 Å². The molecule has 0 aliphatic heterocycles. The molecule has 110 valence electrons. The van der Waals surface area contributed by atoms with E-state index in [4.69, 9.17) is 10.9 Å². The van der Waals surface area contributed by atoms with Gasteiger partial charge < -0.3 is 10.9 Å². The molecule has 1 aromatic carbocycles. The fourth-order valence-electron chi connectivity index (χ4n) is 2.33. The molecule has 0 aliphatic rings. The summed E-state index contributed by atoms with van der Waals surface area (Å²) in [6.45, 7) is 0.742. The van der Waals surface area contributed by atoms with Gasteiger partial charge in [-0.1, -0.05) is 41.6 Å². The van der Waals surface area contributed by atoms with Gasteiger partial charge in [0.1, 0.15) is 5.84 Å². The highest BCUT2D eigenvalue weighted by Gasteiger charge is 2.19. The molecule has 0 fully saturated rings. The van der Waals surface area contributed by atoms with Crippen molar-refractivity contribution in [3.05, 3.63) is 66.0 Å². The monoisotopic (exact) mass is 284 g/mol. The second-order valence-electron chi connectivity index (χ2n) is 5.00. The highest BCUT2D eigenvalue weighted by Crippen LogP contribution is 2.24. The molecule has 0 spiro atoms. The molecule has 0 aliphatic carbocycles. The number of hydrogen-bond acceptors (Lipinski definition) is 4. The van der Waals surface area contributed by atoms with E-state index in [9.17, 15) is 0 Å². The molecule has 1 unspecified atom stereocenters. The highest BCUT2D eigenvalue weighted by molar-refractivity contribution is 5.80. The number of oxime groups is 1. The summed E-state index contributed by atoms with van der Waals surface area (Å²) in [6, 6.07) is 14.1. The Morgan fingerprint density at radius 1 is 1.29 bits per heavy atom. The molecule has 1 atom stereocenters. The lowest BCUT2D eigenvalue weighted by atomic mass is 10.0. The molecular formula is C16H20N4O. The summed E-state index contributed by atoms with van der Waals surface area (Å²) >= 11 is 0. The third kappa shape index (κ3) is 4.29. The van der Waals surface area contributed by atoms with Crippen LogP contribution in [0.4, 0.5) is 0 Å². The van der Waals surface area contributed by atoms with Crippen molar-refractivity contribution in [2.24, 2.45) is 10.9 Å². The lowest BCUT2D eigenvalue weighted by molar-refractivity contribution is 0.238. The maximum absolute atomic E-state index is 8.84. The fourth-order valence-corrected chi connectivity index (χ4v) is 2.33. The van der Waals surface area contributed by atoms with Gasteiger partial charge in [-0.05, 0) is 24.2 Å². The van der Waals surface area contributed by atoms with E-state index in [0.29, 0.717) is 6.42 Å². The van der Waals surface area contributed by atoms with Gasteiger partial charge in [0.15, 0.2) is 0 Å². The van der Waals surface area contributed by atoms with Crippen molar-refractivity contribution in [1.82, 2.24) is 9.88 Å². The molecule has 0 amide bonds. The normalized spacial score (nSPS) is 13.3. The van der Waals surface area contributed by atoms with Crippen molar-refractivity contribution in [3.63, 3.8) is 0 Å². The maximum atomic E-state index is 8.84. The van der Waals surface area contributed by atoms with Gasteiger partial charge in [-0.3, -0.25) is 9.88 Å². The Morgan fingerprint density at radius 2 is 2.05 bits per heavy atom. The Morgan fingerprint density at radius 3 is 2.67 bits per heavy atom. The SMILES string of the molecule is CN(Cc1cccnc1)C(CC(N)=NO)c1ccccc1. The summed E-state index contributed by atoms with van der Waals surface area (Å²) in [4.78, 5) is 6.30. The Kier molecular flexibility index (Phi) is 5.29. The summed E-state index contributed by atoms with van der Waals surface area (Å²) in [5, 5.41) is 11.9. The van der Waals surface area contributed by atoms with Crippen LogP contribution in [0.25, 0.3) is 0 Å². The molecular weight excluding hydrogens is 264 g/mol. The summed E-state index contributed by atoms with van der Waals surface area (Å²) in [6.07, 6.45) is 4.08. The van der Waals surface area contributed by atoms with Gasteiger partial charge >= 0.3 is 0 Å². The summed E-state index contributed by atoms with van der Waals surface area (Å²) in [7, 11) is 2.02. The molecule has 5 nitrogen and oxygen atoms in total. The maximum Gasteiger partial charge on any atom is 0.141 e. The largest absolute Gasteiger partial charge is 0.409 e. The van der Waals surface area contributed by atoms with Crippen LogP contribution in [0.1, 0.15) is 23.6 Å². The van der Waals surface area contributed by atoms with Gasteiger partial charge in [-0.25, -0.2) is 0 Å². The van der Waals surface area contributed by atoms with E-state index in [1.54, 1.807) is 6.20 Å². The van der Waals surface area contributed by atoms with E-state index in [2.05, 4.69) is 27.2 Å². The molecule has 0 bridgehead atoms. The number of rotatable bonds is 6. The average molecular weight is 284 g/mol. The third-order valence-electron chi connectivity index (χ3n) is 3.40. The van der Waals surface area contributed by atoms with Crippen LogP contribution in [-0.4, -0.2) is 28.0 Å². The highest BCUT2D eigenvalue weighted by atomic mass is 16.4. The molecule has 2 rings (SSSR count). The Bertz CT molecular complexity index is 571. The van der Waals surface area contributed by atoms with Gasteiger partial charge in [-0.2, -0.15) is 0 Å². The Hall–Kier alpha value is -2.40. The standard InChI is InChI=1S/C16H20N4O/c1-20(12-13-6-5-9-18-11-13)15(10-16(17)19-21)14-7-3-2-4-8-14/h2-9,11,15,21H,10,12H2,1H3,(H2,17,19). The van der Waals surface area contributed by atoms with Crippen LogP contribution < -0.4 is 5.73 Å².